The number of hydrogen-bond acceptors (Lipinski definition) is 4. The summed E-state index contributed by atoms with van der Waals surface area (Å²) in [5.74, 6) is 0. The van der Waals surface area contributed by atoms with E-state index in [1.54, 1.807) is 22.7 Å². The minimum atomic E-state index is -0.249. The predicted octanol–water partition coefficient (Wildman–Crippen LogP) is 2.67. The Morgan fingerprint density at radius 2 is 1.81 bits per heavy atom. The Kier molecular flexibility index (Phi) is 2.81. The molecule has 1 aliphatic rings. The van der Waals surface area contributed by atoms with Gasteiger partial charge in [-0.2, -0.15) is 0 Å². The zero-order valence-electron chi connectivity index (χ0n) is 8.81. The quantitative estimate of drug-likeness (QED) is 0.886. The smallest absolute Gasteiger partial charge is 0.149 e. The van der Waals surface area contributed by atoms with Gasteiger partial charge >= 0.3 is 0 Å². The van der Waals surface area contributed by atoms with Crippen molar-refractivity contribution in [3.63, 3.8) is 0 Å². The monoisotopic (exact) mass is 251 g/mol. The van der Waals surface area contributed by atoms with Crippen molar-refractivity contribution in [3.05, 3.63) is 44.8 Å². The number of nitrogens with one attached hydrogen (secondary N) is 1. The largest absolute Gasteiger partial charge is 0.361 e. The fraction of sp³-hybridized carbons (Fsp3) is 0.333. The fourth-order valence-corrected chi connectivity index (χ4v) is 3.92. The molecule has 1 fully saturated rings. The molecular weight excluding hydrogens is 238 g/mol. The first-order valence-electron chi connectivity index (χ1n) is 5.34. The first kappa shape index (κ1) is 10.5. The summed E-state index contributed by atoms with van der Waals surface area (Å²) in [4.78, 5) is 2.59. The van der Waals surface area contributed by atoms with Crippen LogP contribution in [0.3, 0.4) is 0 Å². The molecular formula is C12H13NOS2. The van der Waals surface area contributed by atoms with Gasteiger partial charge in [0.15, 0.2) is 0 Å². The second-order valence-corrected chi connectivity index (χ2v) is 5.70. The van der Waals surface area contributed by atoms with Gasteiger partial charge in [-0.3, -0.25) is 0 Å². The van der Waals surface area contributed by atoms with Crippen molar-refractivity contribution < 1.29 is 4.74 Å². The van der Waals surface area contributed by atoms with Gasteiger partial charge in [0, 0.05) is 22.8 Å². The summed E-state index contributed by atoms with van der Waals surface area (Å²) in [7, 11) is 0. The van der Waals surface area contributed by atoms with E-state index in [1.165, 1.54) is 9.75 Å². The van der Waals surface area contributed by atoms with Crippen molar-refractivity contribution in [2.75, 3.05) is 19.7 Å². The lowest BCUT2D eigenvalue weighted by atomic mass is 9.98. The van der Waals surface area contributed by atoms with Crippen molar-refractivity contribution in [1.29, 1.82) is 0 Å². The summed E-state index contributed by atoms with van der Waals surface area (Å²) in [6.07, 6.45) is 0. The molecule has 0 saturated carbocycles. The molecule has 0 amide bonds. The van der Waals surface area contributed by atoms with Gasteiger partial charge in [-0.1, -0.05) is 12.1 Å². The lowest BCUT2D eigenvalue weighted by Gasteiger charge is -2.36. The van der Waals surface area contributed by atoms with E-state index < -0.39 is 0 Å². The molecule has 2 aromatic rings. The van der Waals surface area contributed by atoms with Crippen molar-refractivity contribution in [2.45, 2.75) is 5.60 Å². The van der Waals surface area contributed by atoms with Crippen molar-refractivity contribution in [1.82, 2.24) is 5.32 Å². The van der Waals surface area contributed by atoms with Crippen LogP contribution in [-0.4, -0.2) is 19.7 Å². The van der Waals surface area contributed by atoms with Crippen LogP contribution in [0.5, 0.6) is 0 Å². The van der Waals surface area contributed by atoms with E-state index in [0.29, 0.717) is 0 Å². The fourth-order valence-electron chi connectivity index (χ4n) is 2.07. The predicted molar refractivity (Wildman–Crippen MR) is 68.2 cm³/mol. The Morgan fingerprint density at radius 1 is 1.12 bits per heavy atom. The topological polar surface area (TPSA) is 21.3 Å². The molecule has 0 aromatic carbocycles. The van der Waals surface area contributed by atoms with Gasteiger partial charge in [0.1, 0.15) is 5.60 Å². The molecule has 1 saturated heterocycles. The molecule has 4 heteroatoms. The molecule has 0 spiro atoms. The Labute approximate surface area is 103 Å². The van der Waals surface area contributed by atoms with Crippen molar-refractivity contribution >= 4 is 22.7 Å². The highest BCUT2D eigenvalue weighted by Crippen LogP contribution is 2.39. The molecule has 0 aliphatic carbocycles. The number of rotatable bonds is 2. The Balaban J connectivity index is 2.07. The highest BCUT2D eigenvalue weighted by Gasteiger charge is 2.38. The first-order valence-corrected chi connectivity index (χ1v) is 7.10. The molecule has 1 aliphatic heterocycles. The van der Waals surface area contributed by atoms with Crippen LogP contribution < -0.4 is 5.32 Å². The molecule has 2 nitrogen and oxygen atoms in total. The maximum Gasteiger partial charge on any atom is 0.149 e. The van der Waals surface area contributed by atoms with Gasteiger partial charge < -0.3 is 10.1 Å². The molecule has 0 radical (unpaired) electrons. The van der Waals surface area contributed by atoms with E-state index in [9.17, 15) is 0 Å². The van der Waals surface area contributed by atoms with Crippen LogP contribution >= 0.6 is 22.7 Å². The van der Waals surface area contributed by atoms with Gasteiger partial charge in [-0.25, -0.2) is 0 Å². The average molecular weight is 251 g/mol. The van der Waals surface area contributed by atoms with Crippen LogP contribution in [0.1, 0.15) is 9.75 Å². The molecule has 0 unspecified atom stereocenters. The van der Waals surface area contributed by atoms with E-state index in [1.807, 2.05) is 0 Å². The lowest BCUT2D eigenvalue weighted by Crippen LogP contribution is -2.47. The van der Waals surface area contributed by atoms with Crippen LogP contribution in [0.2, 0.25) is 0 Å². The SMILES string of the molecule is c1csc(C2(c3cccs3)CNCCO2)c1. The second-order valence-electron chi connectivity index (χ2n) is 3.81. The number of morpholine rings is 1. The van der Waals surface area contributed by atoms with E-state index in [4.69, 9.17) is 4.74 Å². The van der Waals surface area contributed by atoms with Crippen LogP contribution in [0.25, 0.3) is 0 Å². The zero-order chi connectivity index (χ0) is 10.8. The zero-order valence-corrected chi connectivity index (χ0v) is 10.4. The first-order chi connectivity index (χ1) is 7.92. The maximum atomic E-state index is 6.11. The highest BCUT2D eigenvalue weighted by molar-refractivity contribution is 7.11. The van der Waals surface area contributed by atoms with Crippen LogP contribution in [0.15, 0.2) is 35.0 Å². The van der Waals surface area contributed by atoms with E-state index >= 15 is 0 Å². The standard InChI is InChI=1S/C12H13NOS2/c1-3-10(15-7-1)12(9-13-5-6-14-12)11-4-2-8-16-11/h1-4,7-8,13H,5-6,9H2. The van der Waals surface area contributed by atoms with E-state index in [0.717, 1.165) is 19.7 Å². The number of ether oxygens (including phenoxy) is 1. The van der Waals surface area contributed by atoms with Gasteiger partial charge in [-0.05, 0) is 22.9 Å². The molecule has 16 heavy (non-hydrogen) atoms. The summed E-state index contributed by atoms with van der Waals surface area (Å²) in [5.41, 5.74) is -0.249. The lowest BCUT2D eigenvalue weighted by molar-refractivity contribution is -0.0353. The van der Waals surface area contributed by atoms with E-state index in [2.05, 4.69) is 40.3 Å². The van der Waals surface area contributed by atoms with Crippen LogP contribution in [0.4, 0.5) is 0 Å². The number of hydrogen-bond donors (Lipinski definition) is 1. The molecule has 84 valence electrons. The maximum absolute atomic E-state index is 6.11. The molecule has 1 N–H and O–H groups in total. The molecule has 3 rings (SSSR count). The Morgan fingerprint density at radius 3 is 2.25 bits per heavy atom. The van der Waals surface area contributed by atoms with Gasteiger partial charge in [0.2, 0.25) is 0 Å². The molecule has 2 aromatic heterocycles. The molecule has 0 bridgehead atoms. The van der Waals surface area contributed by atoms with Gasteiger partial charge in [0.25, 0.3) is 0 Å². The Hall–Kier alpha value is -0.680. The summed E-state index contributed by atoms with van der Waals surface area (Å²) in [6.45, 7) is 2.59. The summed E-state index contributed by atoms with van der Waals surface area (Å²) >= 11 is 3.54. The third-order valence-electron chi connectivity index (χ3n) is 2.84. The van der Waals surface area contributed by atoms with Gasteiger partial charge in [-0.15, -0.1) is 22.7 Å². The third kappa shape index (κ3) is 1.62. The van der Waals surface area contributed by atoms with Gasteiger partial charge in [0.05, 0.1) is 6.61 Å². The number of thiophene rings is 2. The summed E-state index contributed by atoms with van der Waals surface area (Å²) in [6, 6.07) is 8.51. The second kappa shape index (κ2) is 4.30. The van der Waals surface area contributed by atoms with Crippen LogP contribution in [0, 0.1) is 0 Å². The minimum Gasteiger partial charge on any atom is -0.361 e. The third-order valence-corrected chi connectivity index (χ3v) is 4.87. The van der Waals surface area contributed by atoms with Crippen molar-refractivity contribution in [2.24, 2.45) is 0 Å². The molecule has 0 atom stereocenters. The highest BCUT2D eigenvalue weighted by atomic mass is 32.1. The van der Waals surface area contributed by atoms with Crippen LogP contribution in [-0.2, 0) is 10.3 Å². The minimum absolute atomic E-state index is 0.249. The summed E-state index contributed by atoms with van der Waals surface area (Å²) < 4.78 is 6.11. The average Bonchev–Trinajstić information content (AvgIpc) is 3.04. The van der Waals surface area contributed by atoms with E-state index in [-0.39, 0.29) is 5.60 Å². The van der Waals surface area contributed by atoms with Crippen molar-refractivity contribution in [3.8, 4) is 0 Å². The summed E-state index contributed by atoms with van der Waals surface area (Å²) in [5, 5.41) is 7.67. The Bertz CT molecular complexity index is 393. The molecule has 3 heterocycles. The normalized spacial score (nSPS) is 19.8.